The van der Waals surface area contributed by atoms with Gasteiger partial charge in [0.15, 0.2) is 5.57 Å². The van der Waals surface area contributed by atoms with E-state index >= 15 is 0 Å². The average Bonchev–Trinajstić information content (AvgIpc) is 3.59. The number of nitrogens with one attached hydrogen (secondary N) is 1. The third-order valence-corrected chi connectivity index (χ3v) is 9.15. The fourth-order valence-corrected chi connectivity index (χ4v) is 7.28. The molecule has 51 heavy (non-hydrogen) atoms. The van der Waals surface area contributed by atoms with E-state index in [2.05, 4.69) is 5.32 Å². The van der Waals surface area contributed by atoms with Gasteiger partial charge in [0.05, 0.1) is 65.9 Å². The zero-order valence-corrected chi connectivity index (χ0v) is 29.8. The predicted octanol–water partition coefficient (Wildman–Crippen LogP) is -3.41. The van der Waals surface area contributed by atoms with E-state index in [0.29, 0.717) is 12.8 Å². The summed E-state index contributed by atoms with van der Waals surface area (Å²) in [6.07, 6.45) is 7.66. The van der Waals surface area contributed by atoms with Crippen molar-refractivity contribution < 1.29 is 90.6 Å². The molecule has 4 rings (SSSR count). The summed E-state index contributed by atoms with van der Waals surface area (Å²) >= 11 is 0. The van der Waals surface area contributed by atoms with E-state index in [9.17, 15) is 28.8 Å². The van der Waals surface area contributed by atoms with Gasteiger partial charge in [-0.2, -0.15) is 0 Å². The summed E-state index contributed by atoms with van der Waals surface area (Å²) in [4.78, 5) is 83.4. The number of ether oxygens (including phenoxy) is 6. The Hall–Kier alpha value is -4.36. The van der Waals surface area contributed by atoms with Crippen LogP contribution in [0.1, 0.15) is 64.2 Å². The van der Waals surface area contributed by atoms with Crippen LogP contribution in [0.15, 0.2) is 33.4 Å². The van der Waals surface area contributed by atoms with Crippen LogP contribution in [0.3, 0.4) is 0 Å². The molecule has 2 fully saturated rings. The first-order valence-electron chi connectivity index (χ1n) is 15.9. The van der Waals surface area contributed by atoms with Gasteiger partial charge in [0.2, 0.25) is 5.54 Å². The lowest BCUT2D eigenvalue weighted by Crippen LogP contribution is -2.68. The number of rotatable bonds is 8. The van der Waals surface area contributed by atoms with E-state index in [-0.39, 0.29) is 17.5 Å². The molecule has 1 aliphatic heterocycles. The zero-order valence-electron chi connectivity index (χ0n) is 29.1. The number of halogens is 1. The number of amidine groups is 1. The molecule has 19 heteroatoms. The highest BCUT2D eigenvalue weighted by atomic mass is 35.7. The number of carbonyl (C=O) groups excluding carboxylic acids is 6. The van der Waals surface area contributed by atoms with Crippen LogP contribution in [0.4, 0.5) is 0 Å². The van der Waals surface area contributed by atoms with Crippen LogP contribution in [0.5, 0.6) is 0 Å². The van der Waals surface area contributed by atoms with Crippen molar-refractivity contribution in [1.29, 1.82) is 0 Å². The molecule has 0 aromatic heterocycles. The molecule has 0 aromatic carbocycles. The first-order valence-corrected chi connectivity index (χ1v) is 17.1. The Morgan fingerprint density at radius 1 is 0.549 bits per heavy atom. The molecular formula is C32H41ClN2O16. The van der Waals surface area contributed by atoms with Crippen LogP contribution in [0, 0.1) is 10.2 Å². The smallest absolute Gasteiger partial charge is 0.347 e. The summed E-state index contributed by atoms with van der Waals surface area (Å²) in [6, 6.07) is -0.696. The maximum atomic E-state index is 14.1. The van der Waals surface area contributed by atoms with Gasteiger partial charge in [-0.25, -0.2) is 52.0 Å². The number of esters is 6. The highest BCUT2D eigenvalue weighted by Crippen LogP contribution is 2.54. The van der Waals surface area contributed by atoms with E-state index in [0.717, 1.165) is 94.0 Å². The topological polar surface area (TPSA) is 265 Å². The van der Waals surface area contributed by atoms with Gasteiger partial charge >= 0.3 is 35.8 Å². The Balaban J connectivity index is 0.00000131. The summed E-state index contributed by atoms with van der Waals surface area (Å²) in [6.45, 7) is 0. The van der Waals surface area contributed by atoms with Gasteiger partial charge in [-0.1, -0.05) is 12.8 Å². The molecular weight excluding hydrogens is 704 g/mol. The number of methoxy groups -OCH3 is 6. The van der Waals surface area contributed by atoms with E-state index in [1.807, 2.05) is 0 Å². The van der Waals surface area contributed by atoms with Gasteiger partial charge in [-0.3, -0.25) is 5.32 Å². The fourth-order valence-electron chi connectivity index (χ4n) is 7.28. The highest BCUT2D eigenvalue weighted by Gasteiger charge is 2.71. The molecule has 18 nitrogen and oxygen atoms in total. The molecule has 0 bridgehead atoms. The largest absolute Gasteiger partial charge is 0.465 e. The van der Waals surface area contributed by atoms with Gasteiger partial charge in [-0.15, -0.1) is 10.2 Å². The number of hydrogen-bond acceptors (Lipinski definition) is 17. The minimum absolute atomic E-state index is 0.101. The second-order valence-corrected chi connectivity index (χ2v) is 12.5. The van der Waals surface area contributed by atoms with Crippen LogP contribution in [0.25, 0.3) is 0 Å². The molecule has 282 valence electrons. The molecule has 3 aliphatic carbocycles. The zero-order chi connectivity index (χ0) is 38.3. The number of hydrogen-bond donors (Lipinski definition) is 1. The normalized spacial score (nSPS) is 19.3. The van der Waals surface area contributed by atoms with Gasteiger partial charge in [0, 0.05) is 0 Å². The third-order valence-electron chi connectivity index (χ3n) is 9.15. The van der Waals surface area contributed by atoms with Crippen LogP contribution in [0.2, 0.25) is 0 Å². The van der Waals surface area contributed by atoms with Crippen molar-refractivity contribution in [2.24, 2.45) is 0 Å². The monoisotopic (exact) mass is 744 g/mol. The van der Waals surface area contributed by atoms with E-state index in [1.54, 1.807) is 4.58 Å². The molecule has 0 saturated heterocycles. The standard InChI is InChI=1S/C32H40N2O12.ClHO4/c1-41-26(35)19-20(27(36)42-2)23(30(39)45-5)32(22(19)29(38)44-4)24(31(40)46-6)21(28(37)43-3)25(33-17-13-9-7-10-14-17)34(32)18-15-11-8-12-16-18;2-1(3,4)5/h17-18H,7-16H2,1-6H3;(H,2,3,4,5). The lowest BCUT2D eigenvalue weighted by Gasteiger charge is -2.37. The summed E-state index contributed by atoms with van der Waals surface area (Å²) in [5.41, 5.74) is -5.83. The molecule has 1 N–H and O–H groups in total. The summed E-state index contributed by atoms with van der Waals surface area (Å²) < 4.78 is 66.5. The molecule has 0 aromatic rings. The minimum Gasteiger partial charge on any atom is -0.465 e. The van der Waals surface area contributed by atoms with Gasteiger partial charge in [0.1, 0.15) is 16.7 Å². The van der Waals surface area contributed by atoms with Crippen molar-refractivity contribution >= 4 is 41.7 Å². The van der Waals surface area contributed by atoms with Crippen LogP contribution >= 0.6 is 0 Å². The van der Waals surface area contributed by atoms with Crippen LogP contribution in [-0.4, -0.2) is 107 Å². The van der Waals surface area contributed by atoms with Crippen molar-refractivity contribution in [2.75, 3.05) is 42.7 Å². The van der Waals surface area contributed by atoms with Crippen molar-refractivity contribution in [2.45, 2.75) is 81.8 Å². The van der Waals surface area contributed by atoms with E-state index in [4.69, 9.17) is 47.1 Å². The number of carbonyl (C=O) groups is 6. The van der Waals surface area contributed by atoms with Crippen molar-refractivity contribution in [1.82, 2.24) is 5.32 Å². The average molecular weight is 745 g/mol. The summed E-state index contributed by atoms with van der Waals surface area (Å²) in [5.74, 6) is -6.74. The van der Waals surface area contributed by atoms with Crippen LogP contribution in [-0.2, 0) is 57.2 Å². The van der Waals surface area contributed by atoms with Gasteiger partial charge < -0.3 is 28.4 Å². The van der Waals surface area contributed by atoms with Gasteiger partial charge in [-0.05, 0) is 51.4 Å². The SMILES string of the molecule is COC(=O)C1=C(C(=O)OC)C2(C(C(=O)OC)=C1C(=O)OC)C(C(=O)OC)=C(C(=O)OC)C(NC1CCCCC1)=[N+]2C1CCCCC1.[O-][Cl+3]([O-])([O-])[O-]. The van der Waals surface area contributed by atoms with E-state index in [1.165, 1.54) is 0 Å². The summed E-state index contributed by atoms with van der Waals surface area (Å²) in [5, 5.41) is 3.46. The first kappa shape index (κ1) is 41.1. The lowest BCUT2D eigenvalue weighted by atomic mass is 9.75. The van der Waals surface area contributed by atoms with Crippen LogP contribution < -0.4 is 24.0 Å². The quantitative estimate of drug-likeness (QED) is 0.144. The lowest BCUT2D eigenvalue weighted by molar-refractivity contribution is -2.00. The maximum absolute atomic E-state index is 14.1. The first-order chi connectivity index (χ1) is 24.1. The second-order valence-electron chi connectivity index (χ2n) is 11.8. The van der Waals surface area contributed by atoms with Crippen molar-refractivity contribution in [3.63, 3.8) is 0 Å². The Morgan fingerprint density at radius 3 is 1.22 bits per heavy atom. The molecule has 0 radical (unpaired) electrons. The molecule has 0 unspecified atom stereocenters. The molecule has 0 atom stereocenters. The van der Waals surface area contributed by atoms with E-state index < -0.39 is 85.5 Å². The van der Waals surface area contributed by atoms with Crippen molar-refractivity contribution in [3.05, 3.63) is 33.4 Å². The molecule has 4 aliphatic rings. The Bertz CT molecular complexity index is 1500. The predicted molar refractivity (Wildman–Crippen MR) is 158 cm³/mol. The minimum atomic E-state index is -4.94. The maximum Gasteiger partial charge on any atom is 0.347 e. The fraction of sp³-hybridized carbons (Fsp3) is 0.594. The number of nitrogens with zero attached hydrogens (tertiary/aromatic N) is 1. The molecule has 0 amide bonds. The third kappa shape index (κ3) is 8.09. The molecule has 1 spiro atoms. The Morgan fingerprint density at radius 2 is 0.863 bits per heavy atom. The Kier molecular flexibility index (Phi) is 13.9. The van der Waals surface area contributed by atoms with Gasteiger partial charge in [0.25, 0.3) is 5.84 Å². The molecule has 2 saturated carbocycles. The summed E-state index contributed by atoms with van der Waals surface area (Å²) in [7, 11) is 1.37. The molecule has 1 heterocycles. The highest BCUT2D eigenvalue weighted by molar-refractivity contribution is 6.29. The second kappa shape index (κ2) is 17.2. The van der Waals surface area contributed by atoms with Crippen molar-refractivity contribution in [3.8, 4) is 0 Å². The Labute approximate surface area is 295 Å².